The molecule has 0 bridgehead atoms. The predicted molar refractivity (Wildman–Crippen MR) is 115 cm³/mol. The van der Waals surface area contributed by atoms with Crippen molar-refractivity contribution in [1.29, 1.82) is 0 Å². The van der Waals surface area contributed by atoms with Crippen LogP contribution in [0.15, 0.2) is 70.9 Å². The van der Waals surface area contributed by atoms with Crippen LogP contribution < -0.4 is 0 Å². The van der Waals surface area contributed by atoms with Crippen LogP contribution >= 0.6 is 0 Å². The lowest BCUT2D eigenvalue weighted by molar-refractivity contribution is -0.162. The third-order valence-corrected chi connectivity index (χ3v) is 4.47. The van der Waals surface area contributed by atoms with E-state index in [-0.39, 0.29) is 24.8 Å². The molecular formula is C24H30N2O4. The summed E-state index contributed by atoms with van der Waals surface area (Å²) in [4.78, 5) is 24.1. The Morgan fingerprint density at radius 2 is 1.03 bits per heavy atom. The first-order valence-electron chi connectivity index (χ1n) is 10.2. The lowest BCUT2D eigenvalue weighted by atomic mass is 10.0. The Bertz CT molecular complexity index is 783. The predicted octanol–water partition coefficient (Wildman–Crippen LogP) is 5.26. The van der Waals surface area contributed by atoms with Gasteiger partial charge in [0.1, 0.15) is 0 Å². The summed E-state index contributed by atoms with van der Waals surface area (Å²) in [6, 6.07) is 19.2. The van der Waals surface area contributed by atoms with Crippen molar-refractivity contribution in [2.24, 2.45) is 10.2 Å². The zero-order chi connectivity index (χ0) is 22.0. The first kappa shape index (κ1) is 23.3. The van der Waals surface area contributed by atoms with Crippen LogP contribution in [0.2, 0.25) is 0 Å². The van der Waals surface area contributed by atoms with Gasteiger partial charge in [-0.05, 0) is 25.0 Å². The second-order valence-corrected chi connectivity index (χ2v) is 7.53. The Morgan fingerprint density at radius 1 is 0.700 bits per heavy atom. The van der Waals surface area contributed by atoms with Crippen LogP contribution in [0.3, 0.4) is 0 Å². The molecule has 0 aromatic heterocycles. The van der Waals surface area contributed by atoms with Crippen LogP contribution in [0.25, 0.3) is 0 Å². The summed E-state index contributed by atoms with van der Waals surface area (Å²) >= 11 is 0. The van der Waals surface area contributed by atoms with E-state index in [4.69, 9.17) is 9.47 Å². The molecule has 0 aliphatic heterocycles. The molecule has 2 unspecified atom stereocenters. The number of azo groups is 1. The molecule has 6 heteroatoms. The van der Waals surface area contributed by atoms with Crippen LogP contribution in [0.1, 0.15) is 51.7 Å². The molecule has 2 atom stereocenters. The summed E-state index contributed by atoms with van der Waals surface area (Å²) in [5, 5.41) is 8.80. The lowest BCUT2D eigenvalue weighted by Gasteiger charge is -2.28. The number of ether oxygens (including phenoxy) is 2. The first-order valence-corrected chi connectivity index (χ1v) is 10.2. The molecule has 0 saturated carbocycles. The number of esters is 2. The van der Waals surface area contributed by atoms with Crippen molar-refractivity contribution in [1.82, 2.24) is 0 Å². The highest BCUT2D eigenvalue weighted by molar-refractivity contribution is 5.69. The van der Waals surface area contributed by atoms with Crippen LogP contribution in [0.5, 0.6) is 0 Å². The maximum absolute atomic E-state index is 12.0. The first-order chi connectivity index (χ1) is 14.3. The molecule has 0 radical (unpaired) electrons. The van der Waals surface area contributed by atoms with Gasteiger partial charge < -0.3 is 9.47 Å². The average molecular weight is 411 g/mol. The Kier molecular flexibility index (Phi) is 8.27. The smallest absolute Gasteiger partial charge is 0.307 e. The second-order valence-electron chi connectivity index (χ2n) is 7.53. The topological polar surface area (TPSA) is 77.3 Å². The highest BCUT2D eigenvalue weighted by atomic mass is 16.6. The molecule has 6 nitrogen and oxygen atoms in total. The van der Waals surface area contributed by atoms with Gasteiger partial charge in [0.25, 0.3) is 0 Å². The summed E-state index contributed by atoms with van der Waals surface area (Å²) < 4.78 is 11.3. The summed E-state index contributed by atoms with van der Waals surface area (Å²) in [5.41, 5.74) is -0.521. The van der Waals surface area contributed by atoms with Crippen molar-refractivity contribution in [3.8, 4) is 0 Å². The maximum Gasteiger partial charge on any atom is 0.307 e. The minimum atomic E-state index is -1.22. The van der Waals surface area contributed by atoms with E-state index in [2.05, 4.69) is 10.2 Å². The number of rotatable bonds is 10. The van der Waals surface area contributed by atoms with Gasteiger partial charge in [0.15, 0.2) is 0 Å². The molecule has 0 saturated heterocycles. The molecule has 0 heterocycles. The van der Waals surface area contributed by atoms with E-state index in [1.165, 1.54) is 0 Å². The largest absolute Gasteiger partial charge is 0.435 e. The van der Waals surface area contributed by atoms with Gasteiger partial charge >= 0.3 is 11.9 Å². The van der Waals surface area contributed by atoms with Crippen molar-refractivity contribution < 1.29 is 19.1 Å². The quantitative estimate of drug-likeness (QED) is 0.395. The highest BCUT2D eigenvalue weighted by Crippen LogP contribution is 2.26. The zero-order valence-electron chi connectivity index (χ0n) is 18.1. The van der Waals surface area contributed by atoms with E-state index in [0.717, 1.165) is 11.1 Å². The van der Waals surface area contributed by atoms with E-state index in [9.17, 15) is 9.59 Å². The van der Waals surface area contributed by atoms with Gasteiger partial charge in [0, 0.05) is 25.7 Å². The fourth-order valence-electron chi connectivity index (χ4n) is 2.98. The molecule has 2 aromatic carbocycles. The molecule has 0 fully saturated rings. The standard InChI is InChI=1S/C24H30N2O4/c1-5-21(27)29-23(3,17-19-13-9-7-10-14-19)25-26-24(4,30-22(28)6-2)18-20-15-11-8-12-16-20/h7-16H,5-6,17-18H2,1-4H3. The Hall–Kier alpha value is -3.02. The minimum Gasteiger partial charge on any atom is -0.435 e. The van der Waals surface area contributed by atoms with Gasteiger partial charge in [0.05, 0.1) is 0 Å². The third kappa shape index (κ3) is 7.43. The molecular weight excluding hydrogens is 380 g/mol. The molecule has 0 N–H and O–H groups in total. The Labute approximate surface area is 178 Å². The van der Waals surface area contributed by atoms with Crippen LogP contribution in [0, 0.1) is 0 Å². The monoisotopic (exact) mass is 410 g/mol. The number of carbonyl (C=O) groups is 2. The summed E-state index contributed by atoms with van der Waals surface area (Å²) in [7, 11) is 0. The number of hydrogen-bond acceptors (Lipinski definition) is 6. The van der Waals surface area contributed by atoms with Gasteiger partial charge in [-0.15, -0.1) is 10.2 Å². The summed E-state index contributed by atoms with van der Waals surface area (Å²) in [5.74, 6) is -0.745. The number of nitrogens with zero attached hydrogens (tertiary/aromatic N) is 2. The highest BCUT2D eigenvalue weighted by Gasteiger charge is 2.33. The molecule has 2 aromatic rings. The Balaban J connectivity index is 2.33. The van der Waals surface area contributed by atoms with Gasteiger partial charge in [-0.2, -0.15) is 0 Å². The number of benzene rings is 2. The third-order valence-electron chi connectivity index (χ3n) is 4.47. The number of hydrogen-bond donors (Lipinski definition) is 0. The van der Waals surface area contributed by atoms with Crippen LogP contribution in [-0.2, 0) is 31.9 Å². The van der Waals surface area contributed by atoms with Crippen molar-refractivity contribution in [2.75, 3.05) is 0 Å². The minimum absolute atomic E-state index is 0.228. The summed E-state index contributed by atoms with van der Waals surface area (Å²) in [6.07, 6.45) is 1.16. The molecule has 160 valence electrons. The van der Waals surface area contributed by atoms with Gasteiger partial charge in [-0.3, -0.25) is 9.59 Å². The molecule has 0 aliphatic rings. The molecule has 0 amide bonds. The lowest BCUT2D eigenvalue weighted by Crippen LogP contribution is -2.35. The van der Waals surface area contributed by atoms with Crippen molar-refractivity contribution in [3.63, 3.8) is 0 Å². The molecule has 0 aliphatic carbocycles. The summed E-state index contributed by atoms with van der Waals surface area (Å²) in [6.45, 7) is 6.87. The normalized spacial score (nSPS) is 15.2. The molecule has 30 heavy (non-hydrogen) atoms. The van der Waals surface area contributed by atoms with E-state index in [1.54, 1.807) is 27.7 Å². The maximum atomic E-state index is 12.0. The van der Waals surface area contributed by atoms with E-state index in [1.807, 2.05) is 60.7 Å². The van der Waals surface area contributed by atoms with Crippen molar-refractivity contribution in [3.05, 3.63) is 71.8 Å². The molecule has 0 spiro atoms. The average Bonchev–Trinajstić information content (AvgIpc) is 2.73. The van der Waals surface area contributed by atoms with Crippen molar-refractivity contribution in [2.45, 2.75) is 64.8 Å². The van der Waals surface area contributed by atoms with Crippen molar-refractivity contribution >= 4 is 11.9 Å². The van der Waals surface area contributed by atoms with E-state index >= 15 is 0 Å². The SMILES string of the molecule is CCC(=O)OC(C)(Cc1ccccc1)N=NC(C)(Cc1ccccc1)OC(=O)CC. The van der Waals surface area contributed by atoms with E-state index in [0.29, 0.717) is 12.8 Å². The molecule has 2 rings (SSSR count). The van der Waals surface area contributed by atoms with E-state index < -0.39 is 11.4 Å². The zero-order valence-corrected chi connectivity index (χ0v) is 18.1. The van der Waals surface area contributed by atoms with Gasteiger partial charge in [0.2, 0.25) is 11.4 Å². The van der Waals surface area contributed by atoms with Crippen LogP contribution in [0.4, 0.5) is 0 Å². The number of carbonyl (C=O) groups excluding carboxylic acids is 2. The fourth-order valence-corrected chi connectivity index (χ4v) is 2.98. The van der Waals surface area contributed by atoms with Gasteiger partial charge in [-0.1, -0.05) is 74.5 Å². The van der Waals surface area contributed by atoms with Gasteiger partial charge in [-0.25, -0.2) is 0 Å². The second kappa shape index (κ2) is 10.7. The fraction of sp³-hybridized carbons (Fsp3) is 0.417. The van der Waals surface area contributed by atoms with Crippen LogP contribution in [-0.4, -0.2) is 23.4 Å². The Morgan fingerprint density at radius 3 is 1.33 bits per heavy atom.